The van der Waals surface area contributed by atoms with Crippen molar-refractivity contribution in [1.29, 1.82) is 0 Å². The number of carbonyl (C=O) groups is 2. The summed E-state index contributed by atoms with van der Waals surface area (Å²) in [6.07, 6.45) is 0.647. The van der Waals surface area contributed by atoms with Gasteiger partial charge in [0.2, 0.25) is 0 Å². The first kappa shape index (κ1) is 17.0. The number of hydrogen-bond donors (Lipinski definition) is 2. The van der Waals surface area contributed by atoms with Gasteiger partial charge in [-0.2, -0.15) is 0 Å². The van der Waals surface area contributed by atoms with Crippen molar-refractivity contribution in [1.82, 2.24) is 5.32 Å². The average Bonchev–Trinajstić information content (AvgIpc) is 2.45. The van der Waals surface area contributed by atoms with Crippen LogP contribution in [-0.4, -0.2) is 29.6 Å². The third kappa shape index (κ3) is 5.85. The van der Waals surface area contributed by atoms with Gasteiger partial charge in [0, 0.05) is 6.54 Å². The molecule has 0 bridgehead atoms. The Kier molecular flexibility index (Phi) is 6.72. The number of aliphatic carboxylic acids is 1. The summed E-state index contributed by atoms with van der Waals surface area (Å²) in [5.41, 5.74) is 1.11. The summed E-state index contributed by atoms with van der Waals surface area (Å²) in [6.45, 7) is 5.66. The van der Waals surface area contributed by atoms with Crippen molar-refractivity contribution in [2.24, 2.45) is 5.92 Å². The molecule has 1 rings (SSSR count). The summed E-state index contributed by atoms with van der Waals surface area (Å²) < 4.78 is 5.52. The zero-order valence-electron chi connectivity index (χ0n) is 12.8. The number of nitrogens with one attached hydrogen (secondary N) is 1. The lowest BCUT2D eigenvalue weighted by Gasteiger charge is -2.17. The number of hydrogen-bond acceptors (Lipinski definition) is 3. The van der Waals surface area contributed by atoms with Gasteiger partial charge >= 0.3 is 5.97 Å². The predicted molar refractivity (Wildman–Crippen MR) is 80.3 cm³/mol. The highest BCUT2D eigenvalue weighted by Gasteiger charge is 2.20. The minimum Gasteiger partial charge on any atom is -0.481 e. The number of aryl methyl sites for hydroxylation is 1. The molecule has 116 valence electrons. The Hall–Kier alpha value is -2.04. The molecule has 5 nitrogen and oxygen atoms in total. The second kappa shape index (κ2) is 8.29. The van der Waals surface area contributed by atoms with Crippen molar-refractivity contribution >= 4 is 11.9 Å². The van der Waals surface area contributed by atoms with Crippen LogP contribution in [0.5, 0.6) is 5.75 Å². The zero-order valence-corrected chi connectivity index (χ0v) is 12.8. The molecule has 1 amide bonds. The maximum atomic E-state index is 11.9. The van der Waals surface area contributed by atoms with Crippen LogP contribution in [0.3, 0.4) is 0 Å². The van der Waals surface area contributed by atoms with E-state index in [9.17, 15) is 9.59 Å². The molecule has 5 heteroatoms. The fourth-order valence-electron chi connectivity index (χ4n) is 1.90. The van der Waals surface area contributed by atoms with E-state index >= 15 is 0 Å². The van der Waals surface area contributed by atoms with Gasteiger partial charge in [-0.1, -0.05) is 31.0 Å². The highest BCUT2D eigenvalue weighted by molar-refractivity contribution is 5.81. The summed E-state index contributed by atoms with van der Waals surface area (Å²) in [6, 6.07) is 7.41. The number of benzene rings is 1. The molecule has 0 aliphatic carbocycles. The van der Waals surface area contributed by atoms with Gasteiger partial charge in [-0.3, -0.25) is 9.59 Å². The standard InChI is InChI=1S/C16H23NO4/c1-4-5-13(16(19)20)10-17-15(18)12(3)21-14-8-6-11(2)7-9-14/h6-9,12-13H,4-5,10H2,1-3H3,(H,17,18)(H,19,20). The van der Waals surface area contributed by atoms with E-state index in [0.717, 1.165) is 12.0 Å². The van der Waals surface area contributed by atoms with Crippen LogP contribution in [0, 0.1) is 12.8 Å². The molecule has 1 aromatic rings. The molecule has 2 atom stereocenters. The van der Waals surface area contributed by atoms with Crippen molar-refractivity contribution in [2.45, 2.75) is 39.7 Å². The van der Waals surface area contributed by atoms with E-state index < -0.39 is 18.0 Å². The van der Waals surface area contributed by atoms with Gasteiger partial charge < -0.3 is 15.2 Å². The molecule has 0 aliphatic rings. The van der Waals surface area contributed by atoms with Gasteiger partial charge in [-0.05, 0) is 32.4 Å². The van der Waals surface area contributed by atoms with E-state index in [1.807, 2.05) is 26.0 Å². The van der Waals surface area contributed by atoms with Crippen molar-refractivity contribution in [3.8, 4) is 5.75 Å². The lowest BCUT2D eigenvalue weighted by molar-refractivity contribution is -0.142. The van der Waals surface area contributed by atoms with Gasteiger partial charge in [0.25, 0.3) is 5.91 Å². The number of carboxylic acid groups (broad SMARTS) is 1. The minimum atomic E-state index is -0.885. The molecule has 21 heavy (non-hydrogen) atoms. The van der Waals surface area contributed by atoms with E-state index in [0.29, 0.717) is 12.2 Å². The Morgan fingerprint density at radius 3 is 2.43 bits per heavy atom. The molecular formula is C16H23NO4. The third-order valence-electron chi connectivity index (χ3n) is 3.21. The monoisotopic (exact) mass is 293 g/mol. The molecule has 0 spiro atoms. The normalized spacial score (nSPS) is 13.3. The quantitative estimate of drug-likeness (QED) is 0.771. The topological polar surface area (TPSA) is 75.6 Å². The Labute approximate surface area is 125 Å². The Balaban J connectivity index is 2.47. The predicted octanol–water partition coefficient (Wildman–Crippen LogP) is 2.38. The summed E-state index contributed by atoms with van der Waals surface area (Å²) >= 11 is 0. The van der Waals surface area contributed by atoms with Gasteiger partial charge in [-0.15, -0.1) is 0 Å². The van der Waals surface area contributed by atoms with Crippen molar-refractivity contribution < 1.29 is 19.4 Å². The second-order valence-corrected chi connectivity index (χ2v) is 5.14. The maximum Gasteiger partial charge on any atom is 0.308 e. The first-order valence-corrected chi connectivity index (χ1v) is 7.17. The fraction of sp³-hybridized carbons (Fsp3) is 0.500. The molecule has 0 heterocycles. The number of ether oxygens (including phenoxy) is 1. The minimum absolute atomic E-state index is 0.129. The highest BCUT2D eigenvalue weighted by Crippen LogP contribution is 2.13. The van der Waals surface area contributed by atoms with Crippen LogP contribution in [0.15, 0.2) is 24.3 Å². The van der Waals surface area contributed by atoms with Crippen LogP contribution in [0.2, 0.25) is 0 Å². The van der Waals surface area contributed by atoms with E-state index in [1.54, 1.807) is 19.1 Å². The first-order valence-electron chi connectivity index (χ1n) is 7.17. The van der Waals surface area contributed by atoms with Crippen LogP contribution < -0.4 is 10.1 Å². The SMILES string of the molecule is CCCC(CNC(=O)C(C)Oc1ccc(C)cc1)C(=O)O. The van der Waals surface area contributed by atoms with E-state index in [4.69, 9.17) is 9.84 Å². The van der Waals surface area contributed by atoms with Crippen molar-refractivity contribution in [2.75, 3.05) is 6.54 Å². The van der Waals surface area contributed by atoms with Crippen LogP contribution >= 0.6 is 0 Å². The number of carbonyl (C=O) groups excluding carboxylic acids is 1. The zero-order chi connectivity index (χ0) is 15.8. The Morgan fingerprint density at radius 2 is 1.90 bits per heavy atom. The van der Waals surface area contributed by atoms with Gasteiger partial charge in [0.1, 0.15) is 5.75 Å². The molecule has 0 aliphatic heterocycles. The fourth-order valence-corrected chi connectivity index (χ4v) is 1.90. The third-order valence-corrected chi connectivity index (χ3v) is 3.21. The van der Waals surface area contributed by atoms with E-state index in [-0.39, 0.29) is 12.5 Å². The summed E-state index contributed by atoms with van der Waals surface area (Å²) in [5.74, 6) is -1.13. The molecule has 2 unspecified atom stereocenters. The molecule has 0 saturated heterocycles. The number of amides is 1. The molecular weight excluding hydrogens is 270 g/mol. The number of carboxylic acids is 1. The maximum absolute atomic E-state index is 11.9. The highest BCUT2D eigenvalue weighted by atomic mass is 16.5. The Morgan fingerprint density at radius 1 is 1.29 bits per heavy atom. The van der Waals surface area contributed by atoms with Gasteiger partial charge in [-0.25, -0.2) is 0 Å². The largest absolute Gasteiger partial charge is 0.481 e. The first-order chi connectivity index (χ1) is 9.93. The van der Waals surface area contributed by atoms with Crippen molar-refractivity contribution in [3.05, 3.63) is 29.8 Å². The second-order valence-electron chi connectivity index (χ2n) is 5.14. The van der Waals surface area contributed by atoms with Crippen LogP contribution in [-0.2, 0) is 9.59 Å². The lowest BCUT2D eigenvalue weighted by Crippen LogP contribution is -2.40. The van der Waals surface area contributed by atoms with Crippen LogP contribution in [0.1, 0.15) is 32.3 Å². The summed E-state index contributed by atoms with van der Waals surface area (Å²) in [4.78, 5) is 22.9. The molecule has 0 radical (unpaired) electrons. The van der Waals surface area contributed by atoms with Crippen LogP contribution in [0.4, 0.5) is 0 Å². The lowest BCUT2D eigenvalue weighted by atomic mass is 10.0. The molecule has 0 saturated carbocycles. The van der Waals surface area contributed by atoms with E-state index in [1.165, 1.54) is 0 Å². The Bertz CT molecular complexity index is 470. The average molecular weight is 293 g/mol. The van der Waals surface area contributed by atoms with E-state index in [2.05, 4.69) is 5.32 Å². The summed E-state index contributed by atoms with van der Waals surface area (Å²) in [7, 11) is 0. The van der Waals surface area contributed by atoms with Gasteiger partial charge in [0.05, 0.1) is 5.92 Å². The molecule has 2 N–H and O–H groups in total. The van der Waals surface area contributed by atoms with Gasteiger partial charge in [0.15, 0.2) is 6.10 Å². The molecule has 0 fully saturated rings. The van der Waals surface area contributed by atoms with Crippen LogP contribution in [0.25, 0.3) is 0 Å². The molecule has 0 aromatic heterocycles. The van der Waals surface area contributed by atoms with Crippen molar-refractivity contribution in [3.63, 3.8) is 0 Å². The smallest absolute Gasteiger partial charge is 0.308 e. The summed E-state index contributed by atoms with van der Waals surface area (Å²) in [5, 5.41) is 11.7. The molecule has 1 aromatic carbocycles. The number of rotatable bonds is 8.